The predicted molar refractivity (Wildman–Crippen MR) is 60.8 cm³/mol. The summed E-state index contributed by atoms with van der Waals surface area (Å²) in [4.78, 5) is 0. The number of aliphatic hydroxyl groups excluding tert-OH is 1. The van der Waals surface area contributed by atoms with Crippen molar-refractivity contribution in [1.82, 2.24) is 0 Å². The molecule has 3 nitrogen and oxygen atoms in total. The molecule has 0 fully saturated rings. The van der Waals surface area contributed by atoms with Crippen LogP contribution >= 0.6 is 23.2 Å². The Morgan fingerprint density at radius 3 is 2.47 bits per heavy atom. The number of rotatable bonds is 3. The van der Waals surface area contributed by atoms with Crippen molar-refractivity contribution in [3.05, 3.63) is 33.8 Å². The summed E-state index contributed by atoms with van der Waals surface area (Å²) in [6.07, 6.45) is -1.22. The summed E-state index contributed by atoms with van der Waals surface area (Å²) in [5.41, 5.74) is 0.305. The molecule has 15 heavy (non-hydrogen) atoms. The van der Waals surface area contributed by atoms with Crippen LogP contribution in [0.1, 0.15) is 18.6 Å². The predicted octanol–water partition coefficient (Wildman–Crippen LogP) is 3.04. The lowest BCUT2D eigenvalue weighted by molar-refractivity contribution is 0.190. The summed E-state index contributed by atoms with van der Waals surface area (Å²) in [5, 5.41) is 17.8. The second-order valence-corrected chi connectivity index (χ2v) is 3.65. The van der Waals surface area contributed by atoms with Crippen LogP contribution in [0.15, 0.2) is 18.2 Å². The molecule has 0 bridgehead atoms. The van der Waals surface area contributed by atoms with Crippen LogP contribution in [0.3, 0.4) is 0 Å². The van der Waals surface area contributed by atoms with E-state index in [0.717, 1.165) is 0 Å². The Balaban J connectivity index is 3.00. The Morgan fingerprint density at radius 1 is 1.47 bits per heavy atom. The highest BCUT2D eigenvalue weighted by molar-refractivity contribution is 6.36. The molecular formula is C10H11Cl2NO2. The van der Waals surface area contributed by atoms with Gasteiger partial charge in [0.05, 0.1) is 6.61 Å². The molecule has 0 amide bonds. The summed E-state index contributed by atoms with van der Waals surface area (Å²) < 4.78 is 4.88. The molecule has 0 aromatic heterocycles. The zero-order valence-corrected chi connectivity index (χ0v) is 9.64. The van der Waals surface area contributed by atoms with Crippen LogP contribution in [0.4, 0.5) is 0 Å². The molecule has 0 saturated carbocycles. The maximum atomic E-state index is 9.76. The third-order valence-electron chi connectivity index (χ3n) is 1.82. The zero-order valence-electron chi connectivity index (χ0n) is 8.13. The monoisotopic (exact) mass is 247 g/mol. The van der Waals surface area contributed by atoms with Gasteiger partial charge in [0.1, 0.15) is 0 Å². The molecular weight excluding hydrogens is 237 g/mol. The Labute approximate surface area is 98.1 Å². The minimum absolute atomic E-state index is 0.257. The highest BCUT2D eigenvalue weighted by Gasteiger charge is 2.20. The molecule has 5 heteroatoms. The van der Waals surface area contributed by atoms with Crippen LogP contribution in [0.5, 0.6) is 0 Å². The summed E-state index contributed by atoms with van der Waals surface area (Å²) in [7, 11) is 0. The number of halogens is 2. The molecule has 2 N–H and O–H groups in total. The molecule has 0 aliphatic heterocycles. The van der Waals surface area contributed by atoms with E-state index in [2.05, 4.69) is 0 Å². The normalized spacial score (nSPS) is 12.3. The molecule has 0 radical (unpaired) electrons. The van der Waals surface area contributed by atoms with Gasteiger partial charge in [-0.15, -0.1) is 0 Å². The van der Waals surface area contributed by atoms with E-state index in [-0.39, 0.29) is 5.90 Å². The van der Waals surface area contributed by atoms with Gasteiger partial charge in [0.15, 0.2) is 6.10 Å². The van der Waals surface area contributed by atoms with E-state index in [1.54, 1.807) is 25.1 Å². The SMILES string of the molecule is CCOC(=N)[C@H](O)c1c(Cl)cccc1Cl. The van der Waals surface area contributed by atoms with Gasteiger partial charge in [-0.1, -0.05) is 29.3 Å². The van der Waals surface area contributed by atoms with Crippen LogP contribution in [-0.4, -0.2) is 17.6 Å². The highest BCUT2D eigenvalue weighted by Crippen LogP contribution is 2.30. The number of hydrogen-bond donors (Lipinski definition) is 2. The first-order valence-electron chi connectivity index (χ1n) is 4.41. The summed E-state index contributed by atoms with van der Waals surface area (Å²) in [5.74, 6) is -0.257. The standard InChI is InChI=1S/C10H11Cl2NO2/c1-2-15-10(13)9(14)8-6(11)4-3-5-7(8)12/h3-5,9,13-14H,2H2,1H3/t9-/m1/s1. The largest absolute Gasteiger partial charge is 0.479 e. The van der Waals surface area contributed by atoms with Crippen molar-refractivity contribution in [3.63, 3.8) is 0 Å². The van der Waals surface area contributed by atoms with Crippen molar-refractivity contribution in [3.8, 4) is 0 Å². The number of nitrogens with one attached hydrogen (secondary N) is 1. The Hall–Kier alpha value is -0.770. The lowest BCUT2D eigenvalue weighted by atomic mass is 10.1. The van der Waals surface area contributed by atoms with Crippen LogP contribution in [0.25, 0.3) is 0 Å². The molecule has 0 aliphatic carbocycles. The van der Waals surface area contributed by atoms with Crippen molar-refractivity contribution in [2.75, 3.05) is 6.61 Å². The van der Waals surface area contributed by atoms with E-state index in [4.69, 9.17) is 33.3 Å². The molecule has 0 unspecified atom stereocenters. The van der Waals surface area contributed by atoms with E-state index < -0.39 is 6.10 Å². The molecule has 1 aromatic rings. The van der Waals surface area contributed by atoms with Crippen molar-refractivity contribution >= 4 is 29.1 Å². The number of ether oxygens (including phenoxy) is 1. The topological polar surface area (TPSA) is 53.3 Å². The molecule has 0 saturated heterocycles. The Kier molecular flexibility index (Phi) is 4.39. The van der Waals surface area contributed by atoms with Gasteiger partial charge in [0, 0.05) is 15.6 Å². The smallest absolute Gasteiger partial charge is 0.215 e. The van der Waals surface area contributed by atoms with Gasteiger partial charge in [-0.25, -0.2) is 0 Å². The molecule has 0 heterocycles. The Morgan fingerprint density at radius 2 is 2.00 bits per heavy atom. The van der Waals surface area contributed by atoms with Gasteiger partial charge in [0.2, 0.25) is 5.90 Å². The van der Waals surface area contributed by atoms with Gasteiger partial charge < -0.3 is 9.84 Å². The lowest BCUT2D eigenvalue weighted by Crippen LogP contribution is -2.15. The number of hydrogen-bond acceptors (Lipinski definition) is 3. The summed E-state index contributed by atoms with van der Waals surface area (Å²) in [6.45, 7) is 2.05. The molecule has 1 aromatic carbocycles. The lowest BCUT2D eigenvalue weighted by Gasteiger charge is -2.15. The van der Waals surface area contributed by atoms with E-state index in [9.17, 15) is 5.11 Å². The van der Waals surface area contributed by atoms with Gasteiger partial charge in [-0.3, -0.25) is 5.41 Å². The zero-order chi connectivity index (χ0) is 11.4. The van der Waals surface area contributed by atoms with Crippen molar-refractivity contribution in [1.29, 1.82) is 5.41 Å². The molecule has 0 spiro atoms. The van der Waals surface area contributed by atoms with Gasteiger partial charge in [0.25, 0.3) is 0 Å². The summed E-state index contributed by atoms with van der Waals surface area (Å²) >= 11 is 11.7. The van der Waals surface area contributed by atoms with E-state index in [0.29, 0.717) is 22.2 Å². The average Bonchev–Trinajstić information content (AvgIpc) is 2.17. The molecule has 1 atom stereocenters. The van der Waals surface area contributed by atoms with Crippen molar-refractivity contribution < 1.29 is 9.84 Å². The quantitative estimate of drug-likeness (QED) is 0.638. The number of aliphatic hydroxyl groups is 1. The van der Waals surface area contributed by atoms with Crippen LogP contribution in [0.2, 0.25) is 10.0 Å². The van der Waals surface area contributed by atoms with Gasteiger partial charge >= 0.3 is 0 Å². The summed E-state index contributed by atoms with van der Waals surface area (Å²) in [6, 6.07) is 4.88. The fourth-order valence-electron chi connectivity index (χ4n) is 1.14. The van der Waals surface area contributed by atoms with E-state index in [1.165, 1.54) is 0 Å². The second kappa shape index (κ2) is 5.35. The Bertz CT molecular complexity index is 348. The maximum absolute atomic E-state index is 9.76. The minimum atomic E-state index is -1.22. The maximum Gasteiger partial charge on any atom is 0.215 e. The van der Waals surface area contributed by atoms with E-state index in [1.807, 2.05) is 0 Å². The van der Waals surface area contributed by atoms with Gasteiger partial charge in [-0.05, 0) is 19.1 Å². The average molecular weight is 248 g/mol. The van der Waals surface area contributed by atoms with Crippen LogP contribution < -0.4 is 0 Å². The molecule has 0 aliphatic rings. The van der Waals surface area contributed by atoms with Crippen molar-refractivity contribution in [2.45, 2.75) is 13.0 Å². The van der Waals surface area contributed by atoms with Crippen LogP contribution in [0, 0.1) is 5.41 Å². The molecule has 82 valence electrons. The fourth-order valence-corrected chi connectivity index (χ4v) is 1.74. The van der Waals surface area contributed by atoms with Crippen molar-refractivity contribution in [2.24, 2.45) is 0 Å². The third kappa shape index (κ3) is 2.84. The fraction of sp³-hybridized carbons (Fsp3) is 0.300. The van der Waals surface area contributed by atoms with Crippen LogP contribution in [-0.2, 0) is 4.74 Å². The first-order valence-corrected chi connectivity index (χ1v) is 5.16. The highest BCUT2D eigenvalue weighted by atomic mass is 35.5. The number of benzene rings is 1. The van der Waals surface area contributed by atoms with Gasteiger partial charge in [-0.2, -0.15) is 0 Å². The van der Waals surface area contributed by atoms with E-state index >= 15 is 0 Å². The third-order valence-corrected chi connectivity index (χ3v) is 2.48. The minimum Gasteiger partial charge on any atom is -0.479 e. The second-order valence-electron chi connectivity index (χ2n) is 2.84. The molecule has 1 rings (SSSR count). The first kappa shape index (κ1) is 12.3. The first-order chi connectivity index (χ1) is 7.07.